The van der Waals surface area contributed by atoms with Gasteiger partial charge in [-0.1, -0.05) is 78.8 Å². The van der Waals surface area contributed by atoms with Crippen molar-refractivity contribution in [2.75, 3.05) is 0 Å². The molecule has 1 atom stereocenters. The maximum atomic E-state index is 13.1. The molecule has 5 aromatic rings. The molecule has 2 aromatic carbocycles. The van der Waals surface area contributed by atoms with E-state index in [4.69, 9.17) is 8.94 Å². The summed E-state index contributed by atoms with van der Waals surface area (Å²) < 4.78 is 12.8. The van der Waals surface area contributed by atoms with Crippen molar-refractivity contribution >= 4 is 22.5 Å². The standard InChI is InChI=1S/C25H24N6O3S/c1-3-4-14-20-26-22(34-30-20)16(2)35-25-28-27-23(33-25)21-18-12-8-9-13-19(18)24(32)31(29-21)15-17-10-6-5-7-11-17/h5-13,16H,3-4,14-15H2,1-2H3. The predicted octanol–water partition coefficient (Wildman–Crippen LogP) is 5.07. The Bertz CT molecular complexity index is 1490. The lowest BCUT2D eigenvalue weighted by molar-refractivity contribution is 0.373. The third-order valence-corrected chi connectivity index (χ3v) is 6.44. The maximum absolute atomic E-state index is 13.1. The largest absolute Gasteiger partial charge is 0.409 e. The minimum absolute atomic E-state index is 0.164. The van der Waals surface area contributed by atoms with Crippen molar-refractivity contribution < 1.29 is 8.94 Å². The fourth-order valence-corrected chi connectivity index (χ4v) is 4.39. The zero-order chi connectivity index (χ0) is 24.2. The van der Waals surface area contributed by atoms with Crippen molar-refractivity contribution in [3.8, 4) is 11.6 Å². The normalized spacial score (nSPS) is 12.3. The minimum atomic E-state index is -0.175. The van der Waals surface area contributed by atoms with Crippen LogP contribution in [0.25, 0.3) is 22.4 Å². The Hall–Kier alpha value is -3.79. The van der Waals surface area contributed by atoms with Crippen molar-refractivity contribution in [2.45, 2.75) is 50.1 Å². The number of nitrogens with zero attached hydrogens (tertiary/aromatic N) is 6. The molecule has 0 N–H and O–H groups in total. The van der Waals surface area contributed by atoms with Gasteiger partial charge in [0.15, 0.2) is 11.5 Å². The van der Waals surface area contributed by atoms with E-state index in [0.717, 1.165) is 24.8 Å². The third kappa shape index (κ3) is 5.02. The highest BCUT2D eigenvalue weighted by atomic mass is 32.2. The monoisotopic (exact) mass is 488 g/mol. The van der Waals surface area contributed by atoms with Crippen LogP contribution in [0.3, 0.4) is 0 Å². The molecule has 0 bridgehead atoms. The third-order valence-electron chi connectivity index (χ3n) is 5.52. The summed E-state index contributed by atoms with van der Waals surface area (Å²) in [7, 11) is 0. The quantitative estimate of drug-likeness (QED) is 0.262. The first-order chi connectivity index (χ1) is 17.1. The average molecular weight is 489 g/mol. The second kappa shape index (κ2) is 10.2. The molecule has 10 heteroatoms. The smallest absolute Gasteiger partial charge is 0.277 e. The number of aryl methyl sites for hydroxylation is 1. The molecular weight excluding hydrogens is 464 g/mol. The number of fused-ring (bicyclic) bond motifs is 1. The number of hydrogen-bond donors (Lipinski definition) is 0. The van der Waals surface area contributed by atoms with Crippen LogP contribution in [-0.2, 0) is 13.0 Å². The molecular formula is C25H24N6O3S. The van der Waals surface area contributed by atoms with Crippen LogP contribution < -0.4 is 5.56 Å². The predicted molar refractivity (Wildman–Crippen MR) is 132 cm³/mol. The van der Waals surface area contributed by atoms with Gasteiger partial charge in [-0.15, -0.1) is 10.2 Å². The zero-order valence-corrected chi connectivity index (χ0v) is 20.2. The number of rotatable bonds is 9. The molecule has 0 fully saturated rings. The molecule has 5 rings (SSSR count). The first-order valence-electron chi connectivity index (χ1n) is 11.5. The van der Waals surface area contributed by atoms with Gasteiger partial charge in [-0.3, -0.25) is 4.79 Å². The summed E-state index contributed by atoms with van der Waals surface area (Å²) in [5.74, 6) is 1.46. The molecule has 0 saturated heterocycles. The molecule has 0 aliphatic rings. The van der Waals surface area contributed by atoms with Gasteiger partial charge in [0.25, 0.3) is 16.7 Å². The van der Waals surface area contributed by atoms with Crippen LogP contribution >= 0.6 is 11.8 Å². The van der Waals surface area contributed by atoms with Gasteiger partial charge in [0.1, 0.15) is 0 Å². The van der Waals surface area contributed by atoms with Gasteiger partial charge < -0.3 is 8.94 Å². The number of unbranched alkanes of at least 4 members (excludes halogenated alkanes) is 1. The zero-order valence-electron chi connectivity index (χ0n) is 19.4. The van der Waals surface area contributed by atoms with Crippen LogP contribution in [0, 0.1) is 0 Å². The van der Waals surface area contributed by atoms with Gasteiger partial charge in [0, 0.05) is 11.8 Å². The van der Waals surface area contributed by atoms with Crippen molar-refractivity contribution in [3.63, 3.8) is 0 Å². The average Bonchev–Trinajstić information content (AvgIpc) is 3.55. The SMILES string of the molecule is CCCCc1noc(C(C)Sc2nnc(-c3nn(Cc4ccccc4)c(=O)c4ccccc34)o2)n1. The molecule has 35 heavy (non-hydrogen) atoms. The first kappa shape index (κ1) is 23.0. The summed E-state index contributed by atoms with van der Waals surface area (Å²) in [6.45, 7) is 4.40. The topological polar surface area (TPSA) is 113 Å². The first-order valence-corrected chi connectivity index (χ1v) is 12.4. The van der Waals surface area contributed by atoms with Crippen LogP contribution in [0.5, 0.6) is 0 Å². The Labute approximate surface area is 205 Å². The molecule has 9 nitrogen and oxygen atoms in total. The van der Waals surface area contributed by atoms with Gasteiger partial charge in [0.2, 0.25) is 5.89 Å². The fourth-order valence-electron chi connectivity index (χ4n) is 3.68. The number of benzene rings is 2. The van der Waals surface area contributed by atoms with E-state index in [1.165, 1.54) is 16.4 Å². The van der Waals surface area contributed by atoms with E-state index in [-0.39, 0.29) is 16.7 Å². The summed E-state index contributed by atoms with van der Waals surface area (Å²) in [4.78, 5) is 17.6. The van der Waals surface area contributed by atoms with E-state index in [2.05, 4.69) is 32.4 Å². The molecule has 0 aliphatic heterocycles. The Kier molecular flexibility index (Phi) is 6.71. The van der Waals surface area contributed by atoms with Crippen LogP contribution in [0.1, 0.15) is 49.2 Å². The minimum Gasteiger partial charge on any atom is -0.409 e. The van der Waals surface area contributed by atoms with E-state index in [9.17, 15) is 4.79 Å². The second-order valence-corrected chi connectivity index (χ2v) is 9.42. The Morgan fingerprint density at radius 2 is 1.80 bits per heavy atom. The van der Waals surface area contributed by atoms with E-state index >= 15 is 0 Å². The molecule has 0 aliphatic carbocycles. The van der Waals surface area contributed by atoms with Gasteiger partial charge in [-0.05, 0) is 25.0 Å². The number of hydrogen-bond acceptors (Lipinski definition) is 9. The van der Waals surface area contributed by atoms with Gasteiger partial charge in [0.05, 0.1) is 17.2 Å². The lowest BCUT2D eigenvalue weighted by Crippen LogP contribution is -2.24. The summed E-state index contributed by atoms with van der Waals surface area (Å²) in [5, 5.41) is 18.5. The summed E-state index contributed by atoms with van der Waals surface area (Å²) in [5.41, 5.74) is 1.26. The summed E-state index contributed by atoms with van der Waals surface area (Å²) in [6, 6.07) is 17.0. The van der Waals surface area contributed by atoms with E-state index in [1.807, 2.05) is 55.5 Å². The second-order valence-electron chi connectivity index (χ2n) is 8.13. The highest BCUT2D eigenvalue weighted by Crippen LogP contribution is 2.35. The molecule has 0 radical (unpaired) electrons. The van der Waals surface area contributed by atoms with Gasteiger partial charge in [-0.2, -0.15) is 10.1 Å². The van der Waals surface area contributed by atoms with E-state index in [0.29, 0.717) is 39.9 Å². The van der Waals surface area contributed by atoms with Crippen LogP contribution in [0.15, 0.2) is 73.6 Å². The maximum Gasteiger partial charge on any atom is 0.277 e. The molecule has 3 aromatic heterocycles. The van der Waals surface area contributed by atoms with E-state index in [1.54, 1.807) is 6.07 Å². The molecule has 1 unspecified atom stereocenters. The molecule has 3 heterocycles. The van der Waals surface area contributed by atoms with E-state index < -0.39 is 0 Å². The molecule has 0 amide bonds. The van der Waals surface area contributed by atoms with Gasteiger partial charge >= 0.3 is 0 Å². The highest BCUT2D eigenvalue weighted by molar-refractivity contribution is 7.99. The van der Waals surface area contributed by atoms with Crippen molar-refractivity contribution in [3.05, 3.63) is 82.2 Å². The lowest BCUT2D eigenvalue weighted by atomic mass is 10.1. The summed E-state index contributed by atoms with van der Waals surface area (Å²) >= 11 is 1.33. The Balaban J connectivity index is 1.44. The van der Waals surface area contributed by atoms with Crippen molar-refractivity contribution in [2.24, 2.45) is 0 Å². The van der Waals surface area contributed by atoms with Crippen LogP contribution in [0.2, 0.25) is 0 Å². The van der Waals surface area contributed by atoms with Crippen molar-refractivity contribution in [1.29, 1.82) is 0 Å². The number of thioether (sulfide) groups is 1. The Morgan fingerprint density at radius 1 is 1.03 bits per heavy atom. The Morgan fingerprint density at radius 3 is 2.60 bits per heavy atom. The van der Waals surface area contributed by atoms with Crippen LogP contribution in [-0.4, -0.2) is 30.1 Å². The van der Waals surface area contributed by atoms with Gasteiger partial charge in [-0.25, -0.2) is 4.68 Å². The lowest BCUT2D eigenvalue weighted by Gasteiger charge is -2.09. The van der Waals surface area contributed by atoms with Crippen LogP contribution in [0.4, 0.5) is 0 Å². The van der Waals surface area contributed by atoms with Crippen molar-refractivity contribution in [1.82, 2.24) is 30.1 Å². The molecule has 0 saturated carbocycles. The number of aromatic nitrogens is 6. The molecule has 178 valence electrons. The summed E-state index contributed by atoms with van der Waals surface area (Å²) in [6.07, 6.45) is 2.88. The highest BCUT2D eigenvalue weighted by Gasteiger charge is 2.22. The molecule has 0 spiro atoms. The fraction of sp³-hybridized carbons (Fsp3) is 0.280.